The number of hydrogen-bond donors (Lipinski definition) is 2. The summed E-state index contributed by atoms with van der Waals surface area (Å²) in [5.74, 6) is -1.35. The Labute approximate surface area is 122 Å². The number of aliphatic carboxylic acids is 1. The quantitative estimate of drug-likeness (QED) is 0.474. The van der Waals surface area contributed by atoms with Crippen molar-refractivity contribution in [3.63, 3.8) is 0 Å². The predicted molar refractivity (Wildman–Crippen MR) is 76.5 cm³/mol. The number of nitrogens with one attached hydrogen (secondary N) is 1. The van der Waals surface area contributed by atoms with Crippen LogP contribution < -0.4 is 5.32 Å². The van der Waals surface area contributed by atoms with Gasteiger partial charge in [-0.25, -0.2) is 0 Å². The molecule has 0 bridgehead atoms. The van der Waals surface area contributed by atoms with Crippen LogP contribution in [-0.4, -0.2) is 28.5 Å². The predicted octanol–water partition coefficient (Wildman–Crippen LogP) is 2.11. The number of rotatable bonds is 6. The summed E-state index contributed by atoms with van der Waals surface area (Å²) in [6.07, 6.45) is 0.277. The van der Waals surface area contributed by atoms with Crippen LogP contribution in [0.3, 0.4) is 0 Å². The van der Waals surface area contributed by atoms with Crippen molar-refractivity contribution < 1.29 is 19.6 Å². The molecule has 21 heavy (non-hydrogen) atoms. The number of amides is 1. The van der Waals surface area contributed by atoms with Gasteiger partial charge in [-0.3, -0.25) is 19.7 Å². The van der Waals surface area contributed by atoms with Gasteiger partial charge < -0.3 is 10.4 Å². The zero-order valence-electron chi connectivity index (χ0n) is 12.2. The van der Waals surface area contributed by atoms with Gasteiger partial charge in [-0.1, -0.05) is 0 Å². The Kier molecular flexibility index (Phi) is 5.40. The summed E-state index contributed by atoms with van der Waals surface area (Å²) in [5, 5.41) is 22.2. The Morgan fingerprint density at radius 1 is 1.29 bits per heavy atom. The van der Waals surface area contributed by atoms with Gasteiger partial charge in [-0.2, -0.15) is 0 Å². The molecule has 0 saturated carbocycles. The average Bonchev–Trinajstić information content (AvgIpc) is 2.33. The van der Waals surface area contributed by atoms with E-state index in [4.69, 9.17) is 5.11 Å². The van der Waals surface area contributed by atoms with Crippen LogP contribution in [-0.2, 0) is 4.79 Å². The zero-order chi connectivity index (χ0) is 16.2. The summed E-state index contributed by atoms with van der Waals surface area (Å²) >= 11 is 0. The number of benzene rings is 1. The average molecular weight is 294 g/mol. The standard InChI is InChI=1S/C14H18N2O5/c1-8-7-9(2)13(16(20)21)10(3)12(8)14(19)15-6-4-5-11(17)18/h7H,4-6H2,1-3H3,(H,15,19)(H,17,18). The fraction of sp³-hybridized carbons (Fsp3) is 0.429. The number of nitro benzene ring substituents is 1. The third kappa shape index (κ3) is 4.01. The van der Waals surface area contributed by atoms with E-state index in [0.717, 1.165) is 0 Å². The van der Waals surface area contributed by atoms with Gasteiger partial charge in [-0.05, 0) is 38.8 Å². The van der Waals surface area contributed by atoms with Gasteiger partial charge >= 0.3 is 5.97 Å². The first-order valence-electron chi connectivity index (χ1n) is 6.51. The van der Waals surface area contributed by atoms with Crippen molar-refractivity contribution in [3.05, 3.63) is 38.4 Å². The first kappa shape index (κ1) is 16.6. The molecule has 0 aliphatic rings. The number of carbonyl (C=O) groups excluding carboxylic acids is 1. The van der Waals surface area contributed by atoms with Crippen LogP contribution >= 0.6 is 0 Å². The molecule has 0 fully saturated rings. The van der Waals surface area contributed by atoms with E-state index in [1.807, 2.05) is 0 Å². The van der Waals surface area contributed by atoms with Gasteiger partial charge in [0.15, 0.2) is 0 Å². The third-order valence-electron chi connectivity index (χ3n) is 3.19. The minimum Gasteiger partial charge on any atom is -0.481 e. The summed E-state index contributed by atoms with van der Waals surface area (Å²) in [6, 6.07) is 1.61. The van der Waals surface area contributed by atoms with Crippen molar-refractivity contribution in [2.75, 3.05) is 6.54 Å². The smallest absolute Gasteiger partial charge is 0.303 e. The van der Waals surface area contributed by atoms with E-state index in [0.29, 0.717) is 23.1 Å². The maximum atomic E-state index is 12.1. The van der Waals surface area contributed by atoms with Gasteiger partial charge in [-0.15, -0.1) is 0 Å². The lowest BCUT2D eigenvalue weighted by Crippen LogP contribution is -2.26. The molecule has 7 nitrogen and oxygen atoms in total. The first-order chi connectivity index (χ1) is 9.75. The van der Waals surface area contributed by atoms with E-state index in [9.17, 15) is 19.7 Å². The second-order valence-corrected chi connectivity index (χ2v) is 4.87. The van der Waals surface area contributed by atoms with Crippen molar-refractivity contribution in [3.8, 4) is 0 Å². The van der Waals surface area contributed by atoms with Crippen LogP contribution in [0.2, 0.25) is 0 Å². The molecule has 0 aromatic heterocycles. The summed E-state index contributed by atoms with van der Waals surface area (Å²) in [4.78, 5) is 33.1. The van der Waals surface area contributed by atoms with Crippen molar-refractivity contribution in [2.24, 2.45) is 0 Å². The second-order valence-electron chi connectivity index (χ2n) is 4.87. The molecule has 0 aliphatic carbocycles. The van der Waals surface area contributed by atoms with E-state index in [1.54, 1.807) is 26.8 Å². The maximum absolute atomic E-state index is 12.1. The summed E-state index contributed by atoms with van der Waals surface area (Å²) in [6.45, 7) is 5.11. The Hall–Kier alpha value is -2.44. The molecule has 114 valence electrons. The normalized spacial score (nSPS) is 10.2. The van der Waals surface area contributed by atoms with Gasteiger partial charge in [0.2, 0.25) is 0 Å². The summed E-state index contributed by atoms with van der Waals surface area (Å²) < 4.78 is 0. The van der Waals surface area contributed by atoms with E-state index in [1.165, 1.54) is 0 Å². The molecule has 1 rings (SSSR count). The number of carboxylic acid groups (broad SMARTS) is 1. The molecule has 2 N–H and O–H groups in total. The van der Waals surface area contributed by atoms with E-state index in [-0.39, 0.29) is 24.2 Å². The number of nitrogens with zero attached hydrogens (tertiary/aromatic N) is 1. The van der Waals surface area contributed by atoms with E-state index >= 15 is 0 Å². The Morgan fingerprint density at radius 3 is 2.43 bits per heavy atom. The molecule has 0 heterocycles. The Balaban J connectivity index is 2.97. The van der Waals surface area contributed by atoms with Crippen LogP contribution in [0.5, 0.6) is 0 Å². The van der Waals surface area contributed by atoms with Crippen molar-refractivity contribution in [1.29, 1.82) is 0 Å². The highest BCUT2D eigenvalue weighted by molar-refractivity contribution is 5.98. The highest BCUT2D eigenvalue weighted by Gasteiger charge is 2.23. The molecular formula is C14H18N2O5. The number of hydrogen-bond acceptors (Lipinski definition) is 4. The minimum absolute atomic E-state index is 0.0354. The lowest BCUT2D eigenvalue weighted by molar-refractivity contribution is -0.386. The molecule has 7 heteroatoms. The highest BCUT2D eigenvalue weighted by atomic mass is 16.6. The molecule has 0 atom stereocenters. The van der Waals surface area contributed by atoms with Crippen LogP contribution in [0.15, 0.2) is 6.07 Å². The van der Waals surface area contributed by atoms with Gasteiger partial charge in [0.05, 0.1) is 10.5 Å². The van der Waals surface area contributed by atoms with Crippen LogP contribution in [0.1, 0.15) is 39.9 Å². The summed E-state index contributed by atoms with van der Waals surface area (Å²) in [7, 11) is 0. The molecule has 1 aromatic carbocycles. The third-order valence-corrected chi connectivity index (χ3v) is 3.19. The van der Waals surface area contributed by atoms with Gasteiger partial charge in [0, 0.05) is 24.1 Å². The Bertz CT molecular complexity index is 596. The van der Waals surface area contributed by atoms with E-state index in [2.05, 4.69) is 5.32 Å². The fourth-order valence-electron chi connectivity index (χ4n) is 2.34. The number of nitro groups is 1. The van der Waals surface area contributed by atoms with Crippen LogP contribution in [0.4, 0.5) is 5.69 Å². The highest BCUT2D eigenvalue weighted by Crippen LogP contribution is 2.28. The van der Waals surface area contributed by atoms with Gasteiger partial charge in [0.1, 0.15) is 0 Å². The molecule has 0 saturated heterocycles. The van der Waals surface area contributed by atoms with E-state index < -0.39 is 16.8 Å². The maximum Gasteiger partial charge on any atom is 0.303 e. The number of carboxylic acids is 1. The molecule has 0 radical (unpaired) electrons. The second kappa shape index (κ2) is 6.83. The van der Waals surface area contributed by atoms with Crippen molar-refractivity contribution in [2.45, 2.75) is 33.6 Å². The topological polar surface area (TPSA) is 110 Å². The van der Waals surface area contributed by atoms with Crippen molar-refractivity contribution >= 4 is 17.6 Å². The van der Waals surface area contributed by atoms with Crippen molar-refractivity contribution in [1.82, 2.24) is 5.32 Å². The fourth-order valence-corrected chi connectivity index (χ4v) is 2.34. The number of carbonyl (C=O) groups is 2. The summed E-state index contributed by atoms with van der Waals surface area (Å²) in [5.41, 5.74) is 1.72. The SMILES string of the molecule is Cc1cc(C)c([N+](=O)[O-])c(C)c1C(=O)NCCCC(=O)O. The molecule has 0 aliphatic heterocycles. The largest absolute Gasteiger partial charge is 0.481 e. The Morgan fingerprint density at radius 2 is 1.90 bits per heavy atom. The lowest BCUT2D eigenvalue weighted by Gasteiger charge is -2.12. The molecule has 1 amide bonds. The molecular weight excluding hydrogens is 276 g/mol. The zero-order valence-corrected chi connectivity index (χ0v) is 12.2. The van der Waals surface area contributed by atoms with Crippen LogP contribution in [0, 0.1) is 30.9 Å². The lowest BCUT2D eigenvalue weighted by atomic mass is 9.97. The molecule has 0 unspecified atom stereocenters. The van der Waals surface area contributed by atoms with Crippen LogP contribution in [0.25, 0.3) is 0 Å². The molecule has 1 aromatic rings. The number of aryl methyl sites for hydroxylation is 2. The molecule has 0 spiro atoms. The first-order valence-corrected chi connectivity index (χ1v) is 6.51. The van der Waals surface area contributed by atoms with Gasteiger partial charge in [0.25, 0.3) is 11.6 Å². The monoisotopic (exact) mass is 294 g/mol. The minimum atomic E-state index is -0.928.